The molecule has 11 heteroatoms. The van der Waals surface area contributed by atoms with Crippen molar-refractivity contribution in [3.05, 3.63) is 17.5 Å². The molecule has 4 fully saturated rings. The van der Waals surface area contributed by atoms with E-state index in [-0.39, 0.29) is 24.0 Å². The van der Waals surface area contributed by atoms with Crippen molar-refractivity contribution in [3.63, 3.8) is 0 Å². The van der Waals surface area contributed by atoms with Crippen LogP contribution in [0.1, 0.15) is 73.5 Å². The molecular formula is C22H35N5O5S. The van der Waals surface area contributed by atoms with Gasteiger partial charge in [-0.25, -0.2) is 0 Å². The van der Waals surface area contributed by atoms with Gasteiger partial charge in [0, 0.05) is 62.9 Å². The fourth-order valence-corrected chi connectivity index (χ4v) is 7.71. The zero-order valence-corrected chi connectivity index (χ0v) is 20.1. The first-order valence-electron chi connectivity index (χ1n) is 12.2. The highest BCUT2D eigenvalue weighted by atomic mass is 32.2. The topological polar surface area (TPSA) is 117 Å². The Bertz CT molecular complexity index is 927. The molecule has 1 amide bonds. The second-order valence-electron chi connectivity index (χ2n) is 9.87. The number of nitrogens with one attached hydrogen (secondary N) is 2. The van der Waals surface area contributed by atoms with Crippen molar-refractivity contribution in [1.29, 1.82) is 0 Å². The lowest BCUT2D eigenvalue weighted by atomic mass is 9.99. The summed E-state index contributed by atoms with van der Waals surface area (Å²) in [4.78, 5) is 12.7. The average Bonchev–Trinajstić information content (AvgIpc) is 3.46. The number of amides is 1. The standard InChI is InChI=1S/C22H35N5O5S/c1-31-11-8-23-16-6-9-26(10-7-16)33(29,30)27-18-4-5-19(27)13-17(12-18)24-22(28)20-14-21(32-25-20)15-2-3-15/h14-19,23H,2-13H2,1H3,(H,24,28)/t17-,18+,19-. The second kappa shape index (κ2) is 9.61. The summed E-state index contributed by atoms with van der Waals surface area (Å²) < 4.78 is 40.8. The number of aromatic nitrogens is 1. The Balaban J connectivity index is 1.16. The van der Waals surface area contributed by atoms with Crippen LogP contribution in [0.5, 0.6) is 0 Å². The molecular weight excluding hydrogens is 446 g/mol. The molecule has 3 aliphatic heterocycles. The highest BCUT2D eigenvalue weighted by Crippen LogP contribution is 2.41. The SMILES string of the molecule is COCCNC1CCN(S(=O)(=O)N2[C@@H]3CC[C@H]2C[C@@H](NC(=O)c2cc(C4CC4)on2)C3)CC1. The summed E-state index contributed by atoms with van der Waals surface area (Å²) in [5.74, 6) is 0.975. The number of rotatable bonds is 9. The minimum Gasteiger partial charge on any atom is -0.383 e. The first-order chi connectivity index (χ1) is 16.0. The predicted octanol–water partition coefficient (Wildman–Crippen LogP) is 1.22. The predicted molar refractivity (Wildman–Crippen MR) is 121 cm³/mol. The van der Waals surface area contributed by atoms with Crippen LogP contribution < -0.4 is 10.6 Å². The van der Waals surface area contributed by atoms with Crippen molar-refractivity contribution in [3.8, 4) is 0 Å². The summed E-state index contributed by atoms with van der Waals surface area (Å²) in [5, 5.41) is 10.4. The number of carbonyl (C=O) groups is 1. The molecule has 1 aromatic heterocycles. The summed E-state index contributed by atoms with van der Waals surface area (Å²) in [6.07, 6.45) is 6.79. The van der Waals surface area contributed by atoms with Gasteiger partial charge < -0.3 is 19.9 Å². The molecule has 0 unspecified atom stereocenters. The highest BCUT2D eigenvalue weighted by molar-refractivity contribution is 7.86. The highest BCUT2D eigenvalue weighted by Gasteiger charge is 2.49. The van der Waals surface area contributed by atoms with E-state index >= 15 is 0 Å². The Morgan fingerprint density at radius 3 is 2.45 bits per heavy atom. The largest absolute Gasteiger partial charge is 0.383 e. The van der Waals surface area contributed by atoms with Gasteiger partial charge in [0.1, 0.15) is 5.76 Å². The van der Waals surface area contributed by atoms with Crippen LogP contribution in [0.25, 0.3) is 0 Å². The minimum atomic E-state index is -3.50. The Hall–Kier alpha value is -1.53. The van der Waals surface area contributed by atoms with E-state index in [1.165, 1.54) is 0 Å². The molecule has 3 atom stereocenters. The van der Waals surface area contributed by atoms with Crippen LogP contribution in [0.2, 0.25) is 0 Å². The summed E-state index contributed by atoms with van der Waals surface area (Å²) in [7, 11) is -1.82. The summed E-state index contributed by atoms with van der Waals surface area (Å²) >= 11 is 0. The molecule has 33 heavy (non-hydrogen) atoms. The second-order valence-corrected chi connectivity index (χ2v) is 11.7. The molecule has 4 aliphatic rings. The molecule has 1 aliphatic carbocycles. The number of piperidine rings is 2. The van der Waals surface area contributed by atoms with E-state index in [0.29, 0.717) is 50.2 Å². The van der Waals surface area contributed by atoms with Crippen LogP contribution in [0.15, 0.2) is 10.6 Å². The Morgan fingerprint density at radius 1 is 1.12 bits per heavy atom. The van der Waals surface area contributed by atoms with Crippen LogP contribution in [0.3, 0.4) is 0 Å². The van der Waals surface area contributed by atoms with Gasteiger partial charge in [-0.3, -0.25) is 4.79 Å². The average molecular weight is 482 g/mol. The first-order valence-corrected chi connectivity index (χ1v) is 13.6. The molecule has 0 spiro atoms. The van der Waals surface area contributed by atoms with Gasteiger partial charge in [-0.05, 0) is 51.4 Å². The lowest BCUT2D eigenvalue weighted by Crippen LogP contribution is -2.57. The minimum absolute atomic E-state index is 0.0433. The van der Waals surface area contributed by atoms with E-state index in [2.05, 4.69) is 15.8 Å². The van der Waals surface area contributed by atoms with Gasteiger partial charge in [0.2, 0.25) is 0 Å². The molecule has 2 bridgehead atoms. The lowest BCUT2D eigenvalue weighted by molar-refractivity contribution is 0.0897. The smallest absolute Gasteiger partial charge is 0.282 e. The van der Waals surface area contributed by atoms with Crippen molar-refractivity contribution < 1.29 is 22.5 Å². The van der Waals surface area contributed by atoms with E-state index < -0.39 is 10.2 Å². The number of carbonyl (C=O) groups excluding carboxylic acids is 1. The zero-order chi connectivity index (χ0) is 23.0. The third kappa shape index (κ3) is 4.97. The molecule has 0 aromatic carbocycles. The van der Waals surface area contributed by atoms with E-state index in [9.17, 15) is 13.2 Å². The van der Waals surface area contributed by atoms with Gasteiger partial charge in [-0.2, -0.15) is 17.0 Å². The quantitative estimate of drug-likeness (QED) is 0.510. The summed E-state index contributed by atoms with van der Waals surface area (Å²) in [5.41, 5.74) is 0.321. The first kappa shape index (κ1) is 23.2. The normalized spacial score (nSPS) is 29.4. The molecule has 3 saturated heterocycles. The lowest BCUT2D eigenvalue weighted by Gasteiger charge is -2.42. The van der Waals surface area contributed by atoms with E-state index in [1.807, 2.05) is 0 Å². The van der Waals surface area contributed by atoms with E-state index in [0.717, 1.165) is 50.8 Å². The fraction of sp³-hybridized carbons (Fsp3) is 0.818. The van der Waals surface area contributed by atoms with Crippen molar-refractivity contribution in [2.45, 2.75) is 81.5 Å². The number of methoxy groups -OCH3 is 1. The van der Waals surface area contributed by atoms with Crippen LogP contribution in [0.4, 0.5) is 0 Å². The zero-order valence-electron chi connectivity index (χ0n) is 19.2. The van der Waals surface area contributed by atoms with Crippen LogP contribution in [0, 0.1) is 0 Å². The number of hydrogen-bond acceptors (Lipinski definition) is 7. The maximum Gasteiger partial charge on any atom is 0.282 e. The number of hydrogen-bond donors (Lipinski definition) is 2. The Kier molecular flexibility index (Phi) is 6.76. The third-order valence-electron chi connectivity index (χ3n) is 7.53. The van der Waals surface area contributed by atoms with Gasteiger partial charge in [-0.1, -0.05) is 5.16 Å². The van der Waals surface area contributed by atoms with Crippen LogP contribution in [-0.2, 0) is 14.9 Å². The van der Waals surface area contributed by atoms with Gasteiger partial charge in [0.05, 0.1) is 6.61 Å². The van der Waals surface area contributed by atoms with E-state index in [4.69, 9.17) is 9.26 Å². The Labute approximate surface area is 195 Å². The Morgan fingerprint density at radius 2 is 1.82 bits per heavy atom. The molecule has 0 radical (unpaired) electrons. The van der Waals surface area contributed by atoms with Crippen molar-refractivity contribution >= 4 is 16.1 Å². The molecule has 1 saturated carbocycles. The molecule has 2 N–H and O–H groups in total. The number of nitrogens with zero attached hydrogens (tertiary/aromatic N) is 3. The van der Waals surface area contributed by atoms with Gasteiger partial charge in [-0.15, -0.1) is 0 Å². The fourth-order valence-electron chi connectivity index (χ4n) is 5.63. The maximum absolute atomic E-state index is 13.5. The molecule has 5 rings (SSSR count). The van der Waals surface area contributed by atoms with Crippen LogP contribution >= 0.6 is 0 Å². The number of fused-ring (bicyclic) bond motifs is 2. The van der Waals surface area contributed by atoms with Gasteiger partial charge in [0.25, 0.3) is 16.1 Å². The van der Waals surface area contributed by atoms with Crippen molar-refractivity contribution in [2.75, 3.05) is 33.4 Å². The molecule has 4 heterocycles. The van der Waals surface area contributed by atoms with E-state index in [1.54, 1.807) is 21.8 Å². The summed E-state index contributed by atoms with van der Waals surface area (Å²) in [6, 6.07) is 1.92. The maximum atomic E-state index is 13.5. The molecule has 10 nitrogen and oxygen atoms in total. The third-order valence-corrected chi connectivity index (χ3v) is 9.67. The molecule has 184 valence electrons. The van der Waals surface area contributed by atoms with Gasteiger partial charge >= 0.3 is 0 Å². The monoisotopic (exact) mass is 481 g/mol. The van der Waals surface area contributed by atoms with Gasteiger partial charge in [0.15, 0.2) is 5.69 Å². The van der Waals surface area contributed by atoms with Crippen molar-refractivity contribution in [1.82, 2.24) is 24.4 Å². The molecule has 1 aromatic rings. The van der Waals surface area contributed by atoms with Crippen molar-refractivity contribution in [2.24, 2.45) is 0 Å². The van der Waals surface area contributed by atoms with Crippen LogP contribution in [-0.4, -0.2) is 85.6 Å². The number of ether oxygens (including phenoxy) is 1. The summed E-state index contributed by atoms with van der Waals surface area (Å²) in [6.45, 7) is 2.52.